The van der Waals surface area contributed by atoms with E-state index in [0.29, 0.717) is 0 Å². The molecule has 1 aromatic rings. The molecule has 0 spiro atoms. The number of anilines is 1. The number of nitrogens with one attached hydrogen (secondary N) is 1. The quantitative estimate of drug-likeness (QED) is 0.680. The van der Waals surface area contributed by atoms with Crippen molar-refractivity contribution in [1.82, 2.24) is 5.32 Å². The highest BCUT2D eigenvalue weighted by atomic mass is 15.1. The van der Waals surface area contributed by atoms with Gasteiger partial charge in [-0.15, -0.1) is 0 Å². The Morgan fingerprint density at radius 3 is 2.16 bits per heavy atom. The molecule has 1 rings (SSSR count). The van der Waals surface area contributed by atoms with E-state index in [9.17, 15) is 0 Å². The lowest BCUT2D eigenvalue weighted by atomic mass is 10.1. The highest BCUT2D eigenvalue weighted by Gasteiger charge is 2.09. The van der Waals surface area contributed by atoms with Crippen LogP contribution in [0, 0.1) is 0 Å². The van der Waals surface area contributed by atoms with Crippen LogP contribution in [0.15, 0.2) is 24.3 Å². The van der Waals surface area contributed by atoms with Gasteiger partial charge in [0.2, 0.25) is 0 Å². The van der Waals surface area contributed by atoms with Crippen LogP contribution in [0.3, 0.4) is 0 Å². The van der Waals surface area contributed by atoms with Crippen LogP contribution in [0.5, 0.6) is 0 Å². The van der Waals surface area contributed by atoms with E-state index in [1.165, 1.54) is 50.0 Å². The molecule has 0 radical (unpaired) electrons. The largest absolute Gasteiger partial charge is 0.371 e. The predicted molar refractivity (Wildman–Crippen MR) is 85.9 cm³/mol. The minimum atomic E-state index is 0.974. The summed E-state index contributed by atoms with van der Waals surface area (Å²) in [7, 11) is 0. The Labute approximate surface area is 119 Å². The molecule has 0 bridgehead atoms. The molecule has 0 amide bonds. The topological polar surface area (TPSA) is 15.3 Å². The van der Waals surface area contributed by atoms with Crippen molar-refractivity contribution >= 4 is 5.69 Å². The highest BCUT2D eigenvalue weighted by Crippen LogP contribution is 2.21. The van der Waals surface area contributed by atoms with E-state index in [4.69, 9.17) is 0 Å². The molecule has 2 nitrogen and oxygen atoms in total. The lowest BCUT2D eigenvalue weighted by Crippen LogP contribution is -2.27. The summed E-state index contributed by atoms with van der Waals surface area (Å²) in [5, 5.41) is 3.45. The zero-order chi connectivity index (χ0) is 13.9. The third-order valence-electron chi connectivity index (χ3n) is 3.46. The number of rotatable bonds is 10. The third-order valence-corrected chi connectivity index (χ3v) is 3.46. The second-order valence-electron chi connectivity index (χ2n) is 5.10. The smallest absolute Gasteiger partial charge is 0.0411 e. The van der Waals surface area contributed by atoms with Gasteiger partial charge in [-0.05, 0) is 31.0 Å². The average Bonchev–Trinajstić information content (AvgIpc) is 2.46. The average molecular weight is 262 g/mol. The number of nitrogens with zero attached hydrogens (tertiary/aromatic N) is 1. The van der Waals surface area contributed by atoms with Crippen LogP contribution in [-0.4, -0.2) is 19.6 Å². The van der Waals surface area contributed by atoms with Crippen LogP contribution < -0.4 is 10.2 Å². The van der Waals surface area contributed by atoms with E-state index in [1.807, 2.05) is 0 Å². The van der Waals surface area contributed by atoms with Crippen molar-refractivity contribution < 1.29 is 0 Å². The van der Waals surface area contributed by atoms with Gasteiger partial charge in [0.25, 0.3) is 0 Å². The van der Waals surface area contributed by atoms with Crippen molar-refractivity contribution in [3.63, 3.8) is 0 Å². The molecule has 2 heteroatoms. The maximum atomic E-state index is 3.45. The molecular weight excluding hydrogens is 232 g/mol. The summed E-state index contributed by atoms with van der Waals surface area (Å²) in [6, 6.07) is 8.84. The van der Waals surface area contributed by atoms with Crippen LogP contribution >= 0.6 is 0 Å². The predicted octanol–water partition coefficient (Wildman–Crippen LogP) is 4.20. The maximum Gasteiger partial charge on any atom is 0.0411 e. The van der Waals surface area contributed by atoms with Gasteiger partial charge in [0, 0.05) is 25.3 Å². The molecule has 0 saturated heterocycles. The second-order valence-corrected chi connectivity index (χ2v) is 5.10. The fourth-order valence-corrected chi connectivity index (χ4v) is 2.28. The van der Waals surface area contributed by atoms with Crippen LogP contribution in [0.1, 0.15) is 52.0 Å². The van der Waals surface area contributed by atoms with Crippen molar-refractivity contribution in [1.29, 1.82) is 0 Å². The fraction of sp³-hybridized carbons (Fsp3) is 0.647. The Bertz CT molecular complexity index is 328. The Morgan fingerprint density at radius 1 is 0.947 bits per heavy atom. The van der Waals surface area contributed by atoms with E-state index < -0.39 is 0 Å². The van der Waals surface area contributed by atoms with Crippen LogP contribution in [0.4, 0.5) is 5.69 Å². The second kappa shape index (κ2) is 9.85. The van der Waals surface area contributed by atoms with Gasteiger partial charge in [-0.3, -0.25) is 0 Å². The van der Waals surface area contributed by atoms with E-state index in [-0.39, 0.29) is 0 Å². The van der Waals surface area contributed by atoms with E-state index in [1.54, 1.807) is 0 Å². The van der Waals surface area contributed by atoms with Gasteiger partial charge in [0.1, 0.15) is 0 Å². The zero-order valence-corrected chi connectivity index (χ0v) is 12.9. The molecule has 0 unspecified atom stereocenters. The Balaban J connectivity index is 2.79. The molecule has 0 heterocycles. The van der Waals surface area contributed by atoms with Crippen LogP contribution in [-0.2, 0) is 6.54 Å². The van der Waals surface area contributed by atoms with Crippen molar-refractivity contribution in [2.75, 3.05) is 24.5 Å². The molecule has 0 aliphatic heterocycles. The zero-order valence-electron chi connectivity index (χ0n) is 12.9. The van der Waals surface area contributed by atoms with E-state index in [0.717, 1.165) is 13.1 Å². The van der Waals surface area contributed by atoms with Crippen LogP contribution in [0.2, 0.25) is 0 Å². The highest BCUT2D eigenvalue weighted by molar-refractivity contribution is 5.53. The molecule has 108 valence electrons. The number of hydrogen-bond donors (Lipinski definition) is 1. The first-order chi connectivity index (χ1) is 9.33. The van der Waals surface area contributed by atoms with E-state index in [2.05, 4.69) is 55.3 Å². The molecule has 0 saturated carbocycles. The van der Waals surface area contributed by atoms with Gasteiger partial charge in [0.05, 0.1) is 0 Å². The normalized spacial score (nSPS) is 10.7. The lowest BCUT2D eigenvalue weighted by molar-refractivity contribution is 0.668. The van der Waals surface area contributed by atoms with Crippen LogP contribution in [0.25, 0.3) is 0 Å². The SMILES string of the molecule is CCCCN(CCCC)c1ccccc1CNCC. The Morgan fingerprint density at radius 2 is 1.58 bits per heavy atom. The van der Waals surface area contributed by atoms with Crippen molar-refractivity contribution in [2.45, 2.75) is 53.0 Å². The molecule has 0 fully saturated rings. The van der Waals surface area contributed by atoms with Gasteiger partial charge in [0.15, 0.2) is 0 Å². The van der Waals surface area contributed by atoms with Crippen molar-refractivity contribution in [3.05, 3.63) is 29.8 Å². The van der Waals surface area contributed by atoms with Gasteiger partial charge < -0.3 is 10.2 Å². The van der Waals surface area contributed by atoms with Gasteiger partial charge in [-0.1, -0.05) is 51.8 Å². The minimum Gasteiger partial charge on any atom is -0.371 e. The summed E-state index contributed by atoms with van der Waals surface area (Å²) in [4.78, 5) is 2.57. The monoisotopic (exact) mass is 262 g/mol. The molecule has 0 aromatic heterocycles. The molecular formula is C17H30N2. The Hall–Kier alpha value is -1.02. The summed E-state index contributed by atoms with van der Waals surface area (Å²) in [6.45, 7) is 11.1. The molecule has 19 heavy (non-hydrogen) atoms. The molecule has 0 atom stereocenters. The first-order valence-electron chi connectivity index (χ1n) is 7.87. The van der Waals surface area contributed by atoms with E-state index >= 15 is 0 Å². The number of benzene rings is 1. The Kier molecular flexibility index (Phi) is 8.31. The molecule has 1 aromatic carbocycles. The van der Waals surface area contributed by atoms with Crippen molar-refractivity contribution in [2.24, 2.45) is 0 Å². The van der Waals surface area contributed by atoms with Gasteiger partial charge in [-0.25, -0.2) is 0 Å². The summed E-state index contributed by atoms with van der Waals surface area (Å²) < 4.78 is 0. The molecule has 0 aliphatic carbocycles. The summed E-state index contributed by atoms with van der Waals surface area (Å²) in [5.74, 6) is 0. The molecule has 1 N–H and O–H groups in total. The first-order valence-corrected chi connectivity index (χ1v) is 7.87. The maximum absolute atomic E-state index is 3.45. The van der Waals surface area contributed by atoms with Crippen molar-refractivity contribution in [3.8, 4) is 0 Å². The fourth-order valence-electron chi connectivity index (χ4n) is 2.28. The minimum absolute atomic E-state index is 0.974. The summed E-state index contributed by atoms with van der Waals surface area (Å²) in [5.41, 5.74) is 2.85. The summed E-state index contributed by atoms with van der Waals surface area (Å²) in [6.07, 6.45) is 5.08. The third kappa shape index (κ3) is 5.65. The summed E-state index contributed by atoms with van der Waals surface area (Å²) >= 11 is 0. The van der Waals surface area contributed by atoms with Gasteiger partial charge in [-0.2, -0.15) is 0 Å². The number of para-hydroxylation sites is 1. The molecule has 0 aliphatic rings. The van der Waals surface area contributed by atoms with Gasteiger partial charge >= 0.3 is 0 Å². The lowest BCUT2D eigenvalue weighted by Gasteiger charge is -2.27. The number of unbranched alkanes of at least 4 members (excludes halogenated alkanes) is 2. The number of hydrogen-bond acceptors (Lipinski definition) is 2. The first kappa shape index (κ1) is 16.0. The standard InChI is InChI=1S/C17H30N2/c1-4-7-13-19(14-8-5-2)17-12-10-9-11-16(17)15-18-6-3/h9-12,18H,4-8,13-15H2,1-3H3.